The van der Waals surface area contributed by atoms with Crippen LogP contribution in [0.4, 0.5) is 22.7 Å². The Hall–Kier alpha value is -7.18. The van der Waals surface area contributed by atoms with Gasteiger partial charge >= 0.3 is 0 Å². The van der Waals surface area contributed by atoms with E-state index in [1.807, 2.05) is 24.7 Å². The topological polar surface area (TPSA) is 46.4 Å². The third-order valence-electron chi connectivity index (χ3n) is 11.9. The molecule has 0 amide bonds. The van der Waals surface area contributed by atoms with E-state index >= 15 is 0 Å². The molecule has 6 nitrogen and oxygen atoms in total. The molecule has 0 fully saturated rings. The third kappa shape index (κ3) is 6.98. The number of ether oxygens (including phenoxy) is 1. The van der Waals surface area contributed by atoms with Gasteiger partial charge in [0.25, 0.3) is 0 Å². The van der Waals surface area contributed by atoms with E-state index in [1.54, 1.807) is 0 Å². The Labute approximate surface area is 358 Å². The Kier molecular flexibility index (Phi) is 9.25. The van der Waals surface area contributed by atoms with Gasteiger partial charge in [0.2, 0.25) is 0 Å². The van der Waals surface area contributed by atoms with Crippen molar-refractivity contribution < 1.29 is 4.74 Å². The molecule has 1 aliphatic heterocycles. The molecule has 0 radical (unpaired) electrons. The molecule has 9 aromatic rings. The summed E-state index contributed by atoms with van der Waals surface area (Å²) in [6.45, 7) is 14.2. The molecule has 0 bridgehead atoms. The number of hydrogen-bond donors (Lipinski definition) is 0. The van der Waals surface area contributed by atoms with E-state index in [4.69, 9.17) is 9.72 Å². The maximum Gasteiger partial charge on any atom is 0.137 e. The average molecular weight is 796 g/mol. The average Bonchev–Trinajstić information content (AvgIpc) is 3.82. The zero-order valence-corrected chi connectivity index (χ0v) is 35.6. The van der Waals surface area contributed by atoms with Crippen molar-refractivity contribution in [3.63, 3.8) is 0 Å². The Balaban J connectivity index is 1.05. The number of rotatable bonds is 7. The molecule has 0 N–H and O–H groups in total. The Morgan fingerprint density at radius 3 is 1.87 bits per heavy atom. The van der Waals surface area contributed by atoms with Gasteiger partial charge < -0.3 is 14.5 Å². The van der Waals surface area contributed by atoms with Gasteiger partial charge in [-0.15, -0.1) is 0 Å². The number of anilines is 4. The highest BCUT2D eigenvalue weighted by Crippen LogP contribution is 2.51. The summed E-state index contributed by atoms with van der Waals surface area (Å²) in [6, 6.07) is 56.1. The van der Waals surface area contributed by atoms with E-state index < -0.39 is 0 Å². The maximum absolute atomic E-state index is 6.76. The van der Waals surface area contributed by atoms with Gasteiger partial charge in [-0.2, -0.15) is 0 Å². The van der Waals surface area contributed by atoms with Gasteiger partial charge in [0, 0.05) is 52.1 Å². The maximum atomic E-state index is 6.76. The van der Waals surface area contributed by atoms with Crippen molar-refractivity contribution in [3.05, 3.63) is 187 Å². The van der Waals surface area contributed by atoms with Crippen molar-refractivity contribution in [2.75, 3.05) is 16.5 Å². The van der Waals surface area contributed by atoms with Crippen molar-refractivity contribution in [1.29, 1.82) is 0 Å². The minimum Gasteiger partial charge on any atom is -0.457 e. The molecular weight excluding hydrogens is 747 g/mol. The van der Waals surface area contributed by atoms with Gasteiger partial charge in [0.1, 0.15) is 24.0 Å². The molecule has 1 aliphatic rings. The quantitative estimate of drug-likeness (QED) is 0.161. The van der Waals surface area contributed by atoms with Crippen molar-refractivity contribution in [2.24, 2.45) is 0 Å². The molecule has 0 aliphatic carbocycles. The first-order valence-electron chi connectivity index (χ1n) is 21.1. The van der Waals surface area contributed by atoms with Crippen LogP contribution in [0.1, 0.15) is 52.7 Å². The highest BCUT2D eigenvalue weighted by atomic mass is 16.5. The van der Waals surface area contributed by atoms with Crippen LogP contribution in [-0.2, 0) is 10.8 Å². The fourth-order valence-corrected chi connectivity index (χ4v) is 8.67. The Morgan fingerprint density at radius 2 is 1.16 bits per heavy atom. The second kappa shape index (κ2) is 14.8. The van der Waals surface area contributed by atoms with Crippen LogP contribution in [-0.4, -0.2) is 21.2 Å². The lowest BCUT2D eigenvalue weighted by Crippen LogP contribution is -2.25. The summed E-state index contributed by atoms with van der Waals surface area (Å²) in [7, 11) is 0. The molecule has 0 saturated heterocycles. The summed E-state index contributed by atoms with van der Waals surface area (Å²) in [5.74, 6) is 2.40. The lowest BCUT2D eigenvalue weighted by atomic mass is 9.82. The number of benzene rings is 6. The molecule has 0 saturated carbocycles. The number of fused-ring (bicyclic) bond motifs is 4. The molecule has 0 spiro atoms. The number of nitrogens with zero attached hydrogens (tertiary/aromatic N) is 5. The predicted octanol–water partition coefficient (Wildman–Crippen LogP) is 14.5. The number of para-hydroxylation sites is 1. The normalized spacial score (nSPS) is 13.0. The largest absolute Gasteiger partial charge is 0.457 e. The summed E-state index contributed by atoms with van der Waals surface area (Å²) < 4.78 is 9.02. The highest BCUT2D eigenvalue weighted by Gasteiger charge is 2.33. The summed E-state index contributed by atoms with van der Waals surface area (Å²) >= 11 is 0. The van der Waals surface area contributed by atoms with E-state index in [0.717, 1.165) is 50.8 Å². The van der Waals surface area contributed by atoms with E-state index in [2.05, 4.69) is 213 Å². The molecule has 300 valence electrons. The molecule has 61 heavy (non-hydrogen) atoms. The van der Waals surface area contributed by atoms with Gasteiger partial charge in [-0.1, -0.05) is 126 Å². The minimum atomic E-state index is -0.0553. The fraction of sp³-hybridized carbons (Fsp3) is 0.164. The van der Waals surface area contributed by atoms with Gasteiger partial charge in [-0.25, -0.2) is 4.98 Å². The SMILES string of the molecule is CC(C)(C)c1ccnc(-n2c3ccccc3c3ccc(Oc4cccc(N5CN(c6c(-c7ccccc7)cc(C(C)(C)C)cc6-c6ccccc6)c6ccncc65)c4)cc32)c1. The lowest BCUT2D eigenvalue weighted by Gasteiger charge is -2.30. The van der Waals surface area contributed by atoms with Crippen LogP contribution in [0, 0.1) is 0 Å². The molecule has 0 atom stereocenters. The van der Waals surface area contributed by atoms with Crippen LogP contribution in [0.15, 0.2) is 176 Å². The number of aromatic nitrogens is 3. The second-order valence-electron chi connectivity index (χ2n) is 18.0. The number of hydrogen-bond acceptors (Lipinski definition) is 5. The smallest absolute Gasteiger partial charge is 0.137 e. The van der Waals surface area contributed by atoms with Crippen molar-refractivity contribution >= 4 is 44.6 Å². The van der Waals surface area contributed by atoms with Crippen LogP contribution >= 0.6 is 0 Å². The molecule has 6 aromatic carbocycles. The van der Waals surface area contributed by atoms with Crippen molar-refractivity contribution in [2.45, 2.75) is 52.4 Å². The molecule has 3 aromatic heterocycles. The van der Waals surface area contributed by atoms with E-state index in [9.17, 15) is 0 Å². The zero-order chi connectivity index (χ0) is 41.9. The Bertz CT molecular complexity index is 3000. The summed E-state index contributed by atoms with van der Waals surface area (Å²) in [5.41, 5.74) is 13.7. The van der Waals surface area contributed by atoms with E-state index in [-0.39, 0.29) is 10.8 Å². The fourth-order valence-electron chi connectivity index (χ4n) is 8.67. The van der Waals surface area contributed by atoms with Crippen LogP contribution in [0.25, 0.3) is 49.9 Å². The molecule has 4 heterocycles. The molecular formula is C55H49N5O. The second-order valence-corrected chi connectivity index (χ2v) is 18.0. The van der Waals surface area contributed by atoms with Gasteiger partial charge in [-0.3, -0.25) is 9.55 Å². The standard InChI is InChI=1S/C55H49N5O/c1-54(2,3)39-26-29-57-52(32-39)60-48-23-14-13-22-44(48)45-25-24-43(34-50(45)60)61-42-21-15-20-41(33-42)58-36-59(49-27-28-56-35-51(49)58)53-46(37-16-9-7-10-17-37)30-40(55(4,5)6)31-47(53)38-18-11-8-12-19-38/h7-35H,36H2,1-6H3. The third-order valence-corrected chi connectivity index (χ3v) is 11.9. The van der Waals surface area contributed by atoms with E-state index in [0.29, 0.717) is 6.67 Å². The molecule has 10 rings (SSSR count). The summed E-state index contributed by atoms with van der Waals surface area (Å²) in [5, 5.41) is 2.33. The first kappa shape index (κ1) is 38.0. The van der Waals surface area contributed by atoms with Crippen LogP contribution in [0.5, 0.6) is 11.5 Å². The van der Waals surface area contributed by atoms with Gasteiger partial charge in [-0.05, 0) is 93.7 Å². The Morgan fingerprint density at radius 1 is 0.508 bits per heavy atom. The minimum absolute atomic E-state index is 0.00998. The molecule has 0 unspecified atom stereocenters. The summed E-state index contributed by atoms with van der Waals surface area (Å²) in [4.78, 5) is 14.3. The van der Waals surface area contributed by atoms with Crippen LogP contribution < -0.4 is 14.5 Å². The predicted molar refractivity (Wildman–Crippen MR) is 253 cm³/mol. The van der Waals surface area contributed by atoms with Crippen LogP contribution in [0.3, 0.4) is 0 Å². The highest BCUT2D eigenvalue weighted by molar-refractivity contribution is 6.09. The van der Waals surface area contributed by atoms with Crippen LogP contribution in [0.2, 0.25) is 0 Å². The lowest BCUT2D eigenvalue weighted by molar-refractivity contribution is 0.483. The first-order chi connectivity index (χ1) is 29.5. The monoisotopic (exact) mass is 795 g/mol. The van der Waals surface area contributed by atoms with Crippen molar-refractivity contribution in [3.8, 4) is 39.6 Å². The van der Waals surface area contributed by atoms with Crippen molar-refractivity contribution in [1.82, 2.24) is 14.5 Å². The summed E-state index contributed by atoms with van der Waals surface area (Å²) in [6.07, 6.45) is 5.79. The zero-order valence-electron chi connectivity index (χ0n) is 35.6. The molecule has 6 heteroatoms. The number of pyridine rings is 2. The van der Waals surface area contributed by atoms with E-state index in [1.165, 1.54) is 44.5 Å². The van der Waals surface area contributed by atoms with Gasteiger partial charge in [0.05, 0.1) is 34.3 Å². The van der Waals surface area contributed by atoms with Gasteiger partial charge in [0.15, 0.2) is 0 Å². The first-order valence-corrected chi connectivity index (χ1v) is 21.1.